The van der Waals surface area contributed by atoms with Crippen molar-refractivity contribution in [3.63, 3.8) is 0 Å². The summed E-state index contributed by atoms with van der Waals surface area (Å²) in [6.07, 6.45) is -3.19. The lowest BCUT2D eigenvalue weighted by Crippen LogP contribution is -2.18. The molecule has 110 valence electrons. The highest BCUT2D eigenvalue weighted by molar-refractivity contribution is 5.77. The minimum atomic E-state index is -4.45. The van der Waals surface area contributed by atoms with E-state index in [-0.39, 0.29) is 6.54 Å². The van der Waals surface area contributed by atoms with Crippen molar-refractivity contribution in [2.45, 2.75) is 18.8 Å². The van der Waals surface area contributed by atoms with Gasteiger partial charge in [-0.05, 0) is 18.2 Å². The Bertz CT molecular complexity index is 727. The van der Waals surface area contributed by atoms with Crippen molar-refractivity contribution >= 4 is 11.0 Å². The molecule has 2 N–H and O–H groups in total. The maximum Gasteiger partial charge on any atom is 0.435 e. The number of alkyl halides is 3. The average molecular weight is 295 g/mol. The molecule has 1 aromatic carbocycles. The van der Waals surface area contributed by atoms with Crippen LogP contribution in [0.5, 0.6) is 0 Å². The van der Waals surface area contributed by atoms with E-state index in [1.807, 2.05) is 18.2 Å². The van der Waals surface area contributed by atoms with Gasteiger partial charge in [0.1, 0.15) is 11.3 Å². The Kier molecular flexibility index (Phi) is 3.21. The predicted octanol–water partition coefficient (Wildman–Crippen LogP) is 3.35. The van der Waals surface area contributed by atoms with Crippen LogP contribution in [0.15, 0.2) is 47.0 Å². The first-order valence-corrected chi connectivity index (χ1v) is 6.28. The summed E-state index contributed by atoms with van der Waals surface area (Å²) in [5, 5.41) is 4.37. The van der Waals surface area contributed by atoms with Gasteiger partial charge in [-0.3, -0.25) is 4.68 Å². The highest BCUT2D eigenvalue weighted by Crippen LogP contribution is 2.28. The molecule has 1 unspecified atom stereocenters. The predicted molar refractivity (Wildman–Crippen MR) is 70.4 cm³/mol. The molecule has 3 aromatic rings. The van der Waals surface area contributed by atoms with Gasteiger partial charge in [-0.15, -0.1) is 0 Å². The van der Waals surface area contributed by atoms with E-state index >= 15 is 0 Å². The molecule has 0 aliphatic rings. The monoisotopic (exact) mass is 295 g/mol. The standard InChI is InChI=1S/C14H12F3N3O/c15-14(16,17)13-5-6-20(19-13)8-10(18)12-7-9-3-1-2-4-11(9)21-12/h1-7,10H,8,18H2. The quantitative estimate of drug-likeness (QED) is 0.806. The Morgan fingerprint density at radius 2 is 2.00 bits per heavy atom. The molecule has 2 aromatic heterocycles. The molecular weight excluding hydrogens is 283 g/mol. The summed E-state index contributed by atoms with van der Waals surface area (Å²) in [5.41, 5.74) is 5.74. The molecule has 0 aliphatic carbocycles. The molecule has 0 bridgehead atoms. The van der Waals surface area contributed by atoms with Crippen molar-refractivity contribution < 1.29 is 17.6 Å². The molecular formula is C14H12F3N3O. The number of hydrogen-bond donors (Lipinski definition) is 1. The molecule has 0 amide bonds. The highest BCUT2D eigenvalue weighted by atomic mass is 19.4. The largest absolute Gasteiger partial charge is 0.459 e. The summed E-state index contributed by atoms with van der Waals surface area (Å²) in [6, 6.07) is 9.53. The Morgan fingerprint density at radius 1 is 1.24 bits per heavy atom. The Balaban J connectivity index is 1.79. The van der Waals surface area contributed by atoms with Gasteiger partial charge in [-0.25, -0.2) is 0 Å². The van der Waals surface area contributed by atoms with Crippen molar-refractivity contribution in [2.24, 2.45) is 5.73 Å². The molecule has 2 heterocycles. The van der Waals surface area contributed by atoms with E-state index < -0.39 is 17.9 Å². The van der Waals surface area contributed by atoms with Gasteiger partial charge in [0.15, 0.2) is 5.69 Å². The topological polar surface area (TPSA) is 57.0 Å². The normalized spacial score (nSPS) is 13.7. The number of nitrogens with two attached hydrogens (primary N) is 1. The summed E-state index contributed by atoms with van der Waals surface area (Å²) in [5.74, 6) is 0.514. The zero-order valence-corrected chi connectivity index (χ0v) is 10.8. The number of rotatable bonds is 3. The molecule has 0 radical (unpaired) electrons. The van der Waals surface area contributed by atoms with Crippen molar-refractivity contribution in [2.75, 3.05) is 0 Å². The number of halogens is 3. The number of benzene rings is 1. The molecule has 0 saturated heterocycles. The zero-order valence-electron chi connectivity index (χ0n) is 10.8. The smallest absolute Gasteiger partial charge is 0.435 e. The van der Waals surface area contributed by atoms with Gasteiger partial charge in [0.2, 0.25) is 0 Å². The first-order valence-electron chi connectivity index (χ1n) is 6.28. The third-order valence-electron chi connectivity index (χ3n) is 3.12. The summed E-state index contributed by atoms with van der Waals surface area (Å²) < 4.78 is 44.2. The fourth-order valence-electron chi connectivity index (χ4n) is 2.09. The first kappa shape index (κ1) is 13.7. The minimum absolute atomic E-state index is 0.107. The number of aromatic nitrogens is 2. The molecule has 1 atom stereocenters. The second-order valence-electron chi connectivity index (χ2n) is 4.71. The third kappa shape index (κ3) is 2.78. The number of nitrogens with zero attached hydrogens (tertiary/aromatic N) is 2. The summed E-state index contributed by atoms with van der Waals surface area (Å²) in [6.45, 7) is 0.107. The number of fused-ring (bicyclic) bond motifs is 1. The van der Waals surface area contributed by atoms with Crippen molar-refractivity contribution in [3.8, 4) is 0 Å². The van der Waals surface area contributed by atoms with Crippen LogP contribution in [0.1, 0.15) is 17.5 Å². The van der Waals surface area contributed by atoms with Gasteiger partial charge in [-0.2, -0.15) is 18.3 Å². The SMILES string of the molecule is NC(Cn1ccc(C(F)(F)F)n1)c1cc2ccccc2o1. The van der Waals surface area contributed by atoms with Crippen LogP contribution in [0.25, 0.3) is 11.0 Å². The first-order chi connectivity index (χ1) is 9.93. The Hall–Kier alpha value is -2.28. The lowest BCUT2D eigenvalue weighted by molar-refractivity contribution is -0.141. The van der Waals surface area contributed by atoms with Crippen LogP contribution in [-0.4, -0.2) is 9.78 Å². The Morgan fingerprint density at radius 3 is 2.67 bits per heavy atom. The van der Waals surface area contributed by atoms with Crippen LogP contribution in [-0.2, 0) is 12.7 Å². The van der Waals surface area contributed by atoms with Gasteiger partial charge in [0, 0.05) is 11.6 Å². The van der Waals surface area contributed by atoms with Gasteiger partial charge in [0.05, 0.1) is 12.6 Å². The third-order valence-corrected chi connectivity index (χ3v) is 3.12. The van der Waals surface area contributed by atoms with Crippen LogP contribution < -0.4 is 5.73 Å². The molecule has 0 aliphatic heterocycles. The Labute approximate surface area is 118 Å². The zero-order chi connectivity index (χ0) is 15.0. The van der Waals surface area contributed by atoms with Gasteiger partial charge >= 0.3 is 6.18 Å². The summed E-state index contributed by atoms with van der Waals surface area (Å²) in [7, 11) is 0. The van der Waals surface area contributed by atoms with Gasteiger partial charge in [-0.1, -0.05) is 18.2 Å². The van der Waals surface area contributed by atoms with Crippen molar-refractivity contribution in [1.82, 2.24) is 9.78 Å². The summed E-state index contributed by atoms with van der Waals surface area (Å²) >= 11 is 0. The second kappa shape index (κ2) is 4.92. The van der Waals surface area contributed by atoms with E-state index in [1.54, 1.807) is 12.1 Å². The number of furan rings is 1. The highest BCUT2D eigenvalue weighted by Gasteiger charge is 2.33. The number of para-hydroxylation sites is 1. The van der Waals surface area contributed by atoms with Crippen molar-refractivity contribution in [3.05, 3.63) is 54.0 Å². The van der Waals surface area contributed by atoms with E-state index in [1.165, 1.54) is 10.9 Å². The minimum Gasteiger partial charge on any atom is -0.459 e. The molecule has 0 saturated carbocycles. The maximum atomic E-state index is 12.5. The van der Waals surface area contributed by atoms with E-state index in [9.17, 15) is 13.2 Å². The molecule has 0 spiro atoms. The molecule has 7 heteroatoms. The molecule has 4 nitrogen and oxygen atoms in total. The van der Waals surface area contributed by atoms with Crippen LogP contribution in [0.3, 0.4) is 0 Å². The fourth-order valence-corrected chi connectivity index (χ4v) is 2.09. The van der Waals surface area contributed by atoms with Crippen molar-refractivity contribution in [1.29, 1.82) is 0 Å². The maximum absolute atomic E-state index is 12.5. The van der Waals surface area contributed by atoms with E-state index in [0.29, 0.717) is 11.3 Å². The second-order valence-corrected chi connectivity index (χ2v) is 4.71. The fraction of sp³-hybridized carbons (Fsp3) is 0.214. The molecule has 0 fully saturated rings. The van der Waals surface area contributed by atoms with Crippen LogP contribution in [0, 0.1) is 0 Å². The lowest BCUT2D eigenvalue weighted by Gasteiger charge is -2.08. The lowest BCUT2D eigenvalue weighted by atomic mass is 10.2. The summed E-state index contributed by atoms with van der Waals surface area (Å²) in [4.78, 5) is 0. The van der Waals surface area contributed by atoms with Gasteiger partial charge in [0.25, 0.3) is 0 Å². The van der Waals surface area contributed by atoms with Gasteiger partial charge < -0.3 is 10.2 Å². The van der Waals surface area contributed by atoms with Crippen LogP contribution >= 0.6 is 0 Å². The van der Waals surface area contributed by atoms with E-state index in [0.717, 1.165) is 11.5 Å². The average Bonchev–Trinajstić information content (AvgIpc) is 3.03. The number of hydrogen-bond acceptors (Lipinski definition) is 3. The van der Waals surface area contributed by atoms with Crippen LogP contribution in [0.2, 0.25) is 0 Å². The molecule has 3 rings (SSSR count). The van der Waals surface area contributed by atoms with E-state index in [4.69, 9.17) is 10.2 Å². The van der Waals surface area contributed by atoms with E-state index in [2.05, 4.69) is 5.10 Å². The van der Waals surface area contributed by atoms with Crippen LogP contribution in [0.4, 0.5) is 13.2 Å². The molecule has 21 heavy (non-hydrogen) atoms.